The van der Waals surface area contributed by atoms with Crippen molar-refractivity contribution in [3.63, 3.8) is 0 Å². The average molecular weight is 345 g/mol. The maximum absolute atomic E-state index is 9.84. The van der Waals surface area contributed by atoms with Crippen LogP contribution >= 0.6 is 0 Å². The molecule has 1 saturated heterocycles. The predicted molar refractivity (Wildman–Crippen MR) is 101 cm³/mol. The summed E-state index contributed by atoms with van der Waals surface area (Å²) in [4.78, 5) is 7.18. The monoisotopic (exact) mass is 345 g/mol. The highest BCUT2D eigenvalue weighted by molar-refractivity contribution is 5.80. The third-order valence-electron chi connectivity index (χ3n) is 5.57. The summed E-state index contributed by atoms with van der Waals surface area (Å²) in [6.07, 6.45) is 5.45. The minimum absolute atomic E-state index is 0.105. The van der Waals surface area contributed by atoms with Crippen LogP contribution in [0, 0.1) is 0 Å². The van der Waals surface area contributed by atoms with Crippen LogP contribution in [0.25, 0.3) is 0 Å². The van der Waals surface area contributed by atoms with Gasteiger partial charge in [-0.25, -0.2) is 0 Å². The molecule has 2 fully saturated rings. The first-order valence-electron chi connectivity index (χ1n) is 9.53. The van der Waals surface area contributed by atoms with E-state index in [9.17, 15) is 5.11 Å². The molecule has 5 nitrogen and oxygen atoms in total. The lowest BCUT2D eigenvalue weighted by Crippen LogP contribution is -2.41. The Balaban J connectivity index is 1.82. The van der Waals surface area contributed by atoms with Gasteiger partial charge in [-0.2, -0.15) is 0 Å². The van der Waals surface area contributed by atoms with Gasteiger partial charge in [0.05, 0.1) is 19.8 Å². The second kappa shape index (κ2) is 8.09. The molecule has 0 aromatic heterocycles. The molecule has 0 unspecified atom stereocenters. The van der Waals surface area contributed by atoms with Gasteiger partial charge in [-0.15, -0.1) is 0 Å². The van der Waals surface area contributed by atoms with E-state index in [0.717, 1.165) is 37.8 Å². The Hall–Kier alpha value is -1.75. The van der Waals surface area contributed by atoms with Crippen molar-refractivity contribution >= 4 is 5.96 Å². The molecule has 1 aromatic rings. The number of methoxy groups -OCH3 is 1. The Morgan fingerprint density at radius 1 is 1.40 bits per heavy atom. The number of hydrogen-bond donors (Lipinski definition) is 2. The Kier molecular flexibility index (Phi) is 5.84. The maximum Gasteiger partial charge on any atom is 0.194 e. The number of rotatable bonds is 5. The smallest absolute Gasteiger partial charge is 0.194 e. The van der Waals surface area contributed by atoms with Gasteiger partial charge in [-0.1, -0.05) is 25.0 Å². The molecule has 1 atom stereocenters. The summed E-state index contributed by atoms with van der Waals surface area (Å²) in [5, 5.41) is 13.2. The van der Waals surface area contributed by atoms with Crippen molar-refractivity contribution in [2.45, 2.75) is 50.5 Å². The normalized spacial score (nSPS) is 23.1. The van der Waals surface area contributed by atoms with Crippen molar-refractivity contribution in [2.75, 3.05) is 33.3 Å². The molecule has 0 amide bonds. The van der Waals surface area contributed by atoms with Gasteiger partial charge in [0.25, 0.3) is 0 Å². The highest BCUT2D eigenvalue weighted by Gasteiger charge is 2.36. The standard InChI is InChI=1S/C20H31N3O2/c1-3-21-19(23-12-9-17(24)14-23)22-15-20(10-4-5-11-20)16-7-6-8-18(13-16)25-2/h6-8,13,17,24H,3-5,9-12,14-15H2,1-2H3,(H,21,22)/t17-/m1/s1. The lowest BCUT2D eigenvalue weighted by molar-refractivity contribution is 0.187. The van der Waals surface area contributed by atoms with Crippen LogP contribution in [0.15, 0.2) is 29.3 Å². The minimum Gasteiger partial charge on any atom is -0.497 e. The van der Waals surface area contributed by atoms with Gasteiger partial charge < -0.3 is 20.1 Å². The molecule has 1 aromatic carbocycles. The number of β-amino-alcohol motifs (C(OH)–C–C–N with tert-alkyl or cyclic N) is 1. The summed E-state index contributed by atoms with van der Waals surface area (Å²) in [6, 6.07) is 8.48. The zero-order valence-electron chi connectivity index (χ0n) is 15.5. The van der Waals surface area contributed by atoms with Crippen LogP contribution in [0.2, 0.25) is 0 Å². The molecule has 1 heterocycles. The van der Waals surface area contributed by atoms with Gasteiger partial charge in [0, 0.05) is 25.0 Å². The third kappa shape index (κ3) is 4.09. The number of benzene rings is 1. The van der Waals surface area contributed by atoms with Crippen molar-refractivity contribution in [1.82, 2.24) is 10.2 Å². The van der Waals surface area contributed by atoms with E-state index >= 15 is 0 Å². The highest BCUT2D eigenvalue weighted by Crippen LogP contribution is 2.42. The van der Waals surface area contributed by atoms with Crippen molar-refractivity contribution in [3.05, 3.63) is 29.8 Å². The first-order chi connectivity index (χ1) is 12.2. The fourth-order valence-corrected chi connectivity index (χ4v) is 4.13. The zero-order valence-corrected chi connectivity index (χ0v) is 15.5. The summed E-state index contributed by atoms with van der Waals surface area (Å²) in [7, 11) is 1.72. The molecule has 2 aliphatic rings. The second-order valence-electron chi connectivity index (χ2n) is 7.28. The van der Waals surface area contributed by atoms with Gasteiger partial charge in [-0.3, -0.25) is 4.99 Å². The molecule has 5 heteroatoms. The highest BCUT2D eigenvalue weighted by atomic mass is 16.5. The van der Waals surface area contributed by atoms with E-state index in [1.165, 1.54) is 31.2 Å². The van der Waals surface area contributed by atoms with Crippen molar-refractivity contribution in [1.29, 1.82) is 0 Å². The van der Waals surface area contributed by atoms with Crippen LogP contribution in [-0.2, 0) is 5.41 Å². The zero-order chi connectivity index (χ0) is 17.7. The first kappa shape index (κ1) is 18.1. The van der Waals surface area contributed by atoms with Gasteiger partial charge in [0.1, 0.15) is 5.75 Å². The van der Waals surface area contributed by atoms with Gasteiger partial charge in [0.15, 0.2) is 5.96 Å². The number of hydrogen-bond acceptors (Lipinski definition) is 3. The van der Waals surface area contributed by atoms with Crippen LogP contribution in [0.1, 0.15) is 44.6 Å². The number of likely N-dealkylation sites (tertiary alicyclic amines) is 1. The van der Waals surface area contributed by atoms with Gasteiger partial charge >= 0.3 is 0 Å². The van der Waals surface area contributed by atoms with Crippen LogP contribution in [-0.4, -0.2) is 55.4 Å². The molecule has 1 aliphatic carbocycles. The summed E-state index contributed by atoms with van der Waals surface area (Å²) in [6.45, 7) is 5.28. The average Bonchev–Trinajstić information content (AvgIpc) is 3.28. The molecule has 2 N–H and O–H groups in total. The molecule has 138 valence electrons. The van der Waals surface area contributed by atoms with Crippen LogP contribution < -0.4 is 10.1 Å². The fraction of sp³-hybridized carbons (Fsp3) is 0.650. The van der Waals surface area contributed by atoms with Crippen LogP contribution in [0.5, 0.6) is 5.75 Å². The number of aliphatic hydroxyl groups is 1. The predicted octanol–water partition coefficient (Wildman–Crippen LogP) is 2.54. The van der Waals surface area contributed by atoms with Crippen LogP contribution in [0.4, 0.5) is 0 Å². The summed E-state index contributed by atoms with van der Waals surface area (Å²) >= 11 is 0. The molecule has 0 radical (unpaired) electrons. The van der Waals surface area contributed by atoms with E-state index in [0.29, 0.717) is 6.54 Å². The SMILES string of the molecule is CCNC(=NCC1(c2cccc(OC)c2)CCCC1)N1CC[C@@H](O)C1. The molecule has 1 saturated carbocycles. The van der Waals surface area contributed by atoms with Crippen LogP contribution in [0.3, 0.4) is 0 Å². The summed E-state index contributed by atoms with van der Waals surface area (Å²) < 4.78 is 5.43. The molecule has 0 spiro atoms. The Labute approximate surface area is 151 Å². The van der Waals surface area contributed by atoms with Crippen molar-refractivity contribution in [3.8, 4) is 5.75 Å². The quantitative estimate of drug-likeness (QED) is 0.636. The first-order valence-corrected chi connectivity index (χ1v) is 9.53. The molecule has 3 rings (SSSR count). The molecule has 1 aliphatic heterocycles. The van der Waals surface area contributed by atoms with Gasteiger partial charge in [-0.05, 0) is 43.9 Å². The lowest BCUT2D eigenvalue weighted by Gasteiger charge is -2.30. The van der Waals surface area contributed by atoms with E-state index in [1.807, 2.05) is 6.07 Å². The number of aliphatic imine (C=N–C) groups is 1. The number of aliphatic hydroxyl groups excluding tert-OH is 1. The Bertz CT molecular complexity index is 596. The molecular weight excluding hydrogens is 314 g/mol. The largest absolute Gasteiger partial charge is 0.497 e. The lowest BCUT2D eigenvalue weighted by atomic mass is 9.79. The number of nitrogens with zero attached hydrogens (tertiary/aromatic N) is 2. The maximum atomic E-state index is 9.84. The van der Waals surface area contributed by atoms with E-state index in [2.05, 4.69) is 35.3 Å². The third-order valence-corrected chi connectivity index (χ3v) is 5.57. The van der Waals surface area contributed by atoms with E-state index in [-0.39, 0.29) is 11.5 Å². The fourth-order valence-electron chi connectivity index (χ4n) is 4.13. The van der Waals surface area contributed by atoms with Crippen molar-refractivity contribution in [2.24, 2.45) is 4.99 Å². The second-order valence-corrected chi connectivity index (χ2v) is 7.28. The number of ether oxygens (including phenoxy) is 1. The Morgan fingerprint density at radius 3 is 2.84 bits per heavy atom. The molecule has 0 bridgehead atoms. The molecule has 25 heavy (non-hydrogen) atoms. The van der Waals surface area contributed by atoms with E-state index in [4.69, 9.17) is 9.73 Å². The summed E-state index contributed by atoms with van der Waals surface area (Å²) in [5.74, 6) is 1.86. The molecular formula is C20H31N3O2. The topological polar surface area (TPSA) is 57.1 Å². The number of nitrogens with one attached hydrogen (secondary N) is 1. The van der Waals surface area contributed by atoms with E-state index in [1.54, 1.807) is 7.11 Å². The van der Waals surface area contributed by atoms with Gasteiger partial charge in [0.2, 0.25) is 0 Å². The summed E-state index contributed by atoms with van der Waals surface area (Å²) in [5.41, 5.74) is 1.44. The Morgan fingerprint density at radius 2 is 2.20 bits per heavy atom. The number of guanidine groups is 1. The van der Waals surface area contributed by atoms with Crippen molar-refractivity contribution < 1.29 is 9.84 Å². The minimum atomic E-state index is -0.234. The van der Waals surface area contributed by atoms with E-state index < -0.39 is 0 Å².